The highest BCUT2D eigenvalue weighted by atomic mass is 35.5. The first-order valence-electron chi connectivity index (χ1n) is 8.89. The molecule has 7 heteroatoms. The van der Waals surface area contributed by atoms with E-state index < -0.39 is 5.82 Å². The summed E-state index contributed by atoms with van der Waals surface area (Å²) in [5, 5.41) is 2.15. The number of fused-ring (bicyclic) bond motifs is 2. The fourth-order valence-electron chi connectivity index (χ4n) is 2.90. The highest BCUT2D eigenvalue weighted by Gasteiger charge is 2.16. The molecule has 2 heterocycles. The molecule has 2 aromatic heterocycles. The standard InChI is InChI=1S/C21H18ClFN2O2S/c1-4-11(2)27-18-9-19-17(8-16(18)23)25-21(28-19)15-7-13(22)5-12-6-14(26-3)10-24-20(12)15/h5-11H,4H2,1-3H3. The topological polar surface area (TPSA) is 44.2 Å². The van der Waals surface area contributed by atoms with Gasteiger partial charge < -0.3 is 9.47 Å². The monoisotopic (exact) mass is 416 g/mol. The number of hydrogen-bond donors (Lipinski definition) is 0. The fraction of sp³-hybridized carbons (Fsp3) is 0.238. The first kappa shape index (κ1) is 18.9. The minimum absolute atomic E-state index is 0.0598. The highest BCUT2D eigenvalue weighted by Crippen LogP contribution is 2.38. The third-order valence-corrected chi connectivity index (χ3v) is 5.80. The van der Waals surface area contributed by atoms with Gasteiger partial charge >= 0.3 is 0 Å². The number of halogens is 2. The lowest BCUT2D eigenvalue weighted by Gasteiger charge is -2.12. The molecule has 0 N–H and O–H groups in total. The van der Waals surface area contributed by atoms with Crippen LogP contribution in [0.4, 0.5) is 4.39 Å². The Kier molecular flexibility index (Phi) is 5.08. The number of benzene rings is 2. The Morgan fingerprint density at radius 1 is 1.21 bits per heavy atom. The third-order valence-electron chi connectivity index (χ3n) is 4.53. The van der Waals surface area contributed by atoms with Gasteiger partial charge in [-0.25, -0.2) is 9.37 Å². The first-order valence-corrected chi connectivity index (χ1v) is 10.1. The number of ether oxygens (including phenoxy) is 2. The molecule has 144 valence electrons. The summed E-state index contributed by atoms with van der Waals surface area (Å²) in [6.45, 7) is 3.91. The molecule has 0 fully saturated rings. The third kappa shape index (κ3) is 3.50. The fourth-order valence-corrected chi connectivity index (χ4v) is 4.12. The molecule has 0 amide bonds. The van der Waals surface area contributed by atoms with Gasteiger partial charge in [-0.2, -0.15) is 0 Å². The minimum atomic E-state index is -0.413. The van der Waals surface area contributed by atoms with Gasteiger partial charge in [-0.05, 0) is 31.5 Å². The van der Waals surface area contributed by atoms with E-state index in [0.29, 0.717) is 16.3 Å². The van der Waals surface area contributed by atoms with Crippen molar-refractivity contribution in [2.45, 2.75) is 26.4 Å². The van der Waals surface area contributed by atoms with E-state index in [1.807, 2.05) is 32.0 Å². The smallest absolute Gasteiger partial charge is 0.167 e. The highest BCUT2D eigenvalue weighted by molar-refractivity contribution is 7.21. The largest absolute Gasteiger partial charge is 0.495 e. The minimum Gasteiger partial charge on any atom is -0.495 e. The van der Waals surface area contributed by atoms with Crippen LogP contribution in [0.1, 0.15) is 20.3 Å². The van der Waals surface area contributed by atoms with Crippen molar-refractivity contribution in [3.63, 3.8) is 0 Å². The number of nitrogens with zero attached hydrogens (tertiary/aromatic N) is 2. The van der Waals surface area contributed by atoms with E-state index in [-0.39, 0.29) is 11.9 Å². The number of thiazole rings is 1. The molecule has 0 saturated heterocycles. The zero-order valence-corrected chi connectivity index (χ0v) is 17.2. The summed E-state index contributed by atoms with van der Waals surface area (Å²) < 4.78 is 26.2. The maximum absolute atomic E-state index is 14.4. The van der Waals surface area contributed by atoms with Gasteiger partial charge in [0.1, 0.15) is 10.8 Å². The zero-order chi connectivity index (χ0) is 19.8. The lowest BCUT2D eigenvalue weighted by Crippen LogP contribution is -2.10. The van der Waals surface area contributed by atoms with Crippen LogP contribution in [-0.4, -0.2) is 23.2 Å². The number of hydrogen-bond acceptors (Lipinski definition) is 5. The molecule has 0 radical (unpaired) electrons. The van der Waals surface area contributed by atoms with Crippen LogP contribution in [-0.2, 0) is 0 Å². The number of methoxy groups -OCH3 is 1. The van der Waals surface area contributed by atoms with E-state index >= 15 is 0 Å². The quantitative estimate of drug-likeness (QED) is 0.373. The van der Waals surface area contributed by atoms with E-state index in [2.05, 4.69) is 9.97 Å². The normalized spacial score (nSPS) is 12.5. The summed E-state index contributed by atoms with van der Waals surface area (Å²) >= 11 is 7.77. The van der Waals surface area contributed by atoms with E-state index in [4.69, 9.17) is 21.1 Å². The van der Waals surface area contributed by atoms with E-state index in [9.17, 15) is 4.39 Å². The Balaban J connectivity index is 1.85. The van der Waals surface area contributed by atoms with Crippen molar-refractivity contribution in [3.05, 3.63) is 47.4 Å². The van der Waals surface area contributed by atoms with Gasteiger partial charge in [-0.15, -0.1) is 11.3 Å². The van der Waals surface area contributed by atoms with Crippen LogP contribution in [0.5, 0.6) is 11.5 Å². The van der Waals surface area contributed by atoms with Crippen LogP contribution < -0.4 is 9.47 Å². The maximum atomic E-state index is 14.4. The summed E-state index contributed by atoms with van der Waals surface area (Å²) in [5.41, 5.74) is 2.15. The predicted octanol–water partition coefficient (Wildman–Crippen LogP) is 6.49. The molecule has 4 nitrogen and oxygen atoms in total. The molecule has 28 heavy (non-hydrogen) atoms. The van der Waals surface area contributed by atoms with Crippen molar-refractivity contribution >= 4 is 44.1 Å². The van der Waals surface area contributed by atoms with Gasteiger partial charge in [0.05, 0.1) is 35.1 Å². The Labute approximate surface area is 170 Å². The summed E-state index contributed by atoms with van der Waals surface area (Å²) in [4.78, 5) is 9.12. The van der Waals surface area contributed by atoms with Crippen molar-refractivity contribution in [1.82, 2.24) is 9.97 Å². The van der Waals surface area contributed by atoms with Crippen molar-refractivity contribution in [3.8, 4) is 22.1 Å². The Bertz CT molecular complexity index is 1180. The second-order valence-electron chi connectivity index (χ2n) is 6.51. The molecule has 0 bridgehead atoms. The number of pyridine rings is 1. The van der Waals surface area contributed by atoms with Crippen LogP contribution in [0.2, 0.25) is 5.02 Å². The van der Waals surface area contributed by atoms with Crippen LogP contribution in [0.25, 0.3) is 31.7 Å². The molecule has 2 aromatic carbocycles. The average Bonchev–Trinajstić information content (AvgIpc) is 3.09. The molecular formula is C21H18ClFN2O2S. The lowest BCUT2D eigenvalue weighted by molar-refractivity contribution is 0.208. The molecule has 4 aromatic rings. The summed E-state index contributed by atoms with van der Waals surface area (Å²) in [6.07, 6.45) is 2.40. The second-order valence-corrected chi connectivity index (χ2v) is 7.97. The first-order chi connectivity index (χ1) is 13.5. The Morgan fingerprint density at radius 3 is 2.79 bits per heavy atom. The number of aromatic nitrogens is 2. The number of rotatable bonds is 5. The van der Waals surface area contributed by atoms with Gasteiger partial charge in [0, 0.05) is 28.1 Å². The van der Waals surface area contributed by atoms with E-state index in [0.717, 1.165) is 32.6 Å². The zero-order valence-electron chi connectivity index (χ0n) is 15.6. The molecule has 0 aliphatic rings. The SMILES string of the molecule is CCC(C)Oc1cc2sc(-c3cc(Cl)cc4cc(OC)cnc34)nc2cc1F. The summed E-state index contributed by atoms with van der Waals surface area (Å²) in [6, 6.07) is 8.66. The van der Waals surface area contributed by atoms with Crippen molar-refractivity contribution in [2.75, 3.05) is 7.11 Å². The molecule has 1 atom stereocenters. The van der Waals surface area contributed by atoms with Crippen LogP contribution in [0.15, 0.2) is 36.5 Å². The maximum Gasteiger partial charge on any atom is 0.167 e. The van der Waals surface area contributed by atoms with E-state index in [1.165, 1.54) is 17.4 Å². The molecule has 0 aliphatic heterocycles. The van der Waals surface area contributed by atoms with Gasteiger partial charge in [-0.1, -0.05) is 18.5 Å². The molecule has 0 aliphatic carbocycles. The van der Waals surface area contributed by atoms with E-state index in [1.54, 1.807) is 19.4 Å². The van der Waals surface area contributed by atoms with Gasteiger partial charge in [0.25, 0.3) is 0 Å². The summed E-state index contributed by atoms with van der Waals surface area (Å²) in [5.74, 6) is 0.484. The van der Waals surface area contributed by atoms with Gasteiger partial charge in [0.2, 0.25) is 0 Å². The molecule has 1 unspecified atom stereocenters. The van der Waals surface area contributed by atoms with Crippen LogP contribution >= 0.6 is 22.9 Å². The predicted molar refractivity (Wildman–Crippen MR) is 112 cm³/mol. The van der Waals surface area contributed by atoms with Gasteiger partial charge in [-0.3, -0.25) is 4.98 Å². The van der Waals surface area contributed by atoms with Crippen molar-refractivity contribution < 1.29 is 13.9 Å². The van der Waals surface area contributed by atoms with Crippen LogP contribution in [0, 0.1) is 5.82 Å². The Morgan fingerprint density at radius 2 is 2.04 bits per heavy atom. The second kappa shape index (κ2) is 7.53. The molecular weight excluding hydrogens is 399 g/mol. The average molecular weight is 417 g/mol. The molecule has 0 spiro atoms. The lowest BCUT2D eigenvalue weighted by atomic mass is 10.1. The molecule has 0 saturated carbocycles. The van der Waals surface area contributed by atoms with Crippen molar-refractivity contribution in [1.29, 1.82) is 0 Å². The van der Waals surface area contributed by atoms with Gasteiger partial charge in [0.15, 0.2) is 11.6 Å². The summed E-state index contributed by atoms with van der Waals surface area (Å²) in [7, 11) is 1.59. The molecule has 4 rings (SSSR count). The van der Waals surface area contributed by atoms with Crippen molar-refractivity contribution in [2.24, 2.45) is 0 Å². The van der Waals surface area contributed by atoms with Crippen LogP contribution in [0.3, 0.4) is 0 Å². The Hall–Kier alpha value is -2.44.